The molecule has 8 heavy (non-hydrogen) atoms. The van der Waals surface area contributed by atoms with Gasteiger partial charge in [-0.25, -0.2) is 0 Å². The van der Waals surface area contributed by atoms with E-state index in [1.54, 1.807) is 0 Å². The molecule has 2 N–H and O–H groups in total. The molecule has 1 rings (SSSR count). The lowest BCUT2D eigenvalue weighted by atomic mass is 10.3. The van der Waals surface area contributed by atoms with Crippen molar-refractivity contribution in [2.45, 2.75) is 0 Å². The quantitative estimate of drug-likeness (QED) is 0.484. The van der Waals surface area contributed by atoms with Gasteiger partial charge in [0, 0.05) is 6.20 Å². The first-order valence-corrected chi connectivity index (χ1v) is 2.32. The molecule has 0 fully saturated rings. The van der Waals surface area contributed by atoms with E-state index in [2.05, 4.69) is 0 Å². The Hall–Kier alpha value is -0.960. The van der Waals surface area contributed by atoms with Crippen LogP contribution < -0.4 is 0 Å². The third-order valence-electron chi connectivity index (χ3n) is 0.905. The standard InChI is InChI=1S/C5H7NO2/c7-5-1-3-6(8)4-2-5/h1-3,7-8H,4H2. The van der Waals surface area contributed by atoms with Crippen LogP contribution in [-0.2, 0) is 0 Å². The molecule has 0 amide bonds. The van der Waals surface area contributed by atoms with Crippen LogP contribution in [0.15, 0.2) is 24.1 Å². The molecule has 3 heteroatoms. The zero-order valence-corrected chi connectivity index (χ0v) is 4.28. The fourth-order valence-electron chi connectivity index (χ4n) is 0.478. The third kappa shape index (κ3) is 1.01. The first-order valence-electron chi connectivity index (χ1n) is 2.32. The molecule has 0 aliphatic carbocycles. The average molecular weight is 113 g/mol. The molecule has 0 bridgehead atoms. The Morgan fingerprint density at radius 3 is 2.75 bits per heavy atom. The Labute approximate surface area is 47.1 Å². The molecular weight excluding hydrogens is 106 g/mol. The number of hydrogen-bond acceptors (Lipinski definition) is 3. The molecule has 0 saturated carbocycles. The van der Waals surface area contributed by atoms with Crippen LogP contribution in [0.2, 0.25) is 0 Å². The summed E-state index contributed by atoms with van der Waals surface area (Å²) in [6, 6.07) is 0. The highest BCUT2D eigenvalue weighted by atomic mass is 16.5. The van der Waals surface area contributed by atoms with Crippen LogP contribution in [0.1, 0.15) is 0 Å². The van der Waals surface area contributed by atoms with Crippen LogP contribution in [0.3, 0.4) is 0 Å². The van der Waals surface area contributed by atoms with Gasteiger partial charge in [-0.2, -0.15) is 0 Å². The van der Waals surface area contributed by atoms with Crippen LogP contribution in [0.4, 0.5) is 0 Å². The molecule has 1 aliphatic rings. The number of aliphatic hydroxyl groups excluding tert-OH is 1. The van der Waals surface area contributed by atoms with Crippen LogP contribution >= 0.6 is 0 Å². The number of hydrogen-bond donors (Lipinski definition) is 2. The second-order valence-corrected chi connectivity index (χ2v) is 1.57. The summed E-state index contributed by atoms with van der Waals surface area (Å²) in [7, 11) is 0. The van der Waals surface area contributed by atoms with Crippen molar-refractivity contribution in [1.82, 2.24) is 5.06 Å². The molecular formula is C5H7NO2. The molecule has 0 unspecified atom stereocenters. The maximum absolute atomic E-state index is 8.66. The topological polar surface area (TPSA) is 43.7 Å². The van der Waals surface area contributed by atoms with Gasteiger partial charge in [-0.1, -0.05) is 0 Å². The van der Waals surface area contributed by atoms with Crippen molar-refractivity contribution in [3.8, 4) is 0 Å². The van der Waals surface area contributed by atoms with E-state index < -0.39 is 0 Å². The molecule has 1 heterocycles. The lowest BCUT2D eigenvalue weighted by Crippen LogP contribution is -2.14. The molecule has 3 nitrogen and oxygen atoms in total. The zero-order chi connectivity index (χ0) is 5.98. The Morgan fingerprint density at radius 1 is 1.62 bits per heavy atom. The van der Waals surface area contributed by atoms with Crippen molar-refractivity contribution in [3.63, 3.8) is 0 Å². The summed E-state index contributed by atoms with van der Waals surface area (Å²) in [6.45, 7) is 0.363. The summed E-state index contributed by atoms with van der Waals surface area (Å²) >= 11 is 0. The molecule has 0 saturated heterocycles. The van der Waals surface area contributed by atoms with Crippen LogP contribution in [0.25, 0.3) is 0 Å². The van der Waals surface area contributed by atoms with Gasteiger partial charge in [-0.15, -0.1) is 0 Å². The maximum atomic E-state index is 8.66. The smallest absolute Gasteiger partial charge is 0.114 e. The largest absolute Gasteiger partial charge is 0.508 e. The molecule has 0 aromatic rings. The van der Waals surface area contributed by atoms with Gasteiger partial charge in [-0.3, -0.25) is 10.3 Å². The van der Waals surface area contributed by atoms with Crippen LogP contribution in [0.5, 0.6) is 0 Å². The predicted octanol–water partition coefficient (Wildman–Crippen LogP) is 0.647. The summed E-state index contributed by atoms with van der Waals surface area (Å²) in [5.74, 6) is 0.204. The summed E-state index contributed by atoms with van der Waals surface area (Å²) in [6.07, 6.45) is 4.33. The molecule has 44 valence electrons. The second-order valence-electron chi connectivity index (χ2n) is 1.57. The fourth-order valence-corrected chi connectivity index (χ4v) is 0.478. The Morgan fingerprint density at radius 2 is 2.38 bits per heavy atom. The predicted molar refractivity (Wildman–Crippen MR) is 28.3 cm³/mol. The van der Waals surface area contributed by atoms with Crippen molar-refractivity contribution in [2.24, 2.45) is 0 Å². The first-order chi connectivity index (χ1) is 3.79. The van der Waals surface area contributed by atoms with Gasteiger partial charge in [0.2, 0.25) is 0 Å². The van der Waals surface area contributed by atoms with Gasteiger partial charge in [0.05, 0.1) is 6.54 Å². The summed E-state index contributed by atoms with van der Waals surface area (Å²) in [5, 5.41) is 18.3. The number of nitrogens with zero attached hydrogens (tertiary/aromatic N) is 1. The van der Waals surface area contributed by atoms with E-state index in [-0.39, 0.29) is 5.76 Å². The minimum atomic E-state index is 0.204. The zero-order valence-electron chi connectivity index (χ0n) is 4.28. The minimum Gasteiger partial charge on any atom is -0.508 e. The maximum Gasteiger partial charge on any atom is 0.114 e. The molecule has 1 aliphatic heterocycles. The Kier molecular flexibility index (Phi) is 1.22. The second kappa shape index (κ2) is 1.88. The van der Waals surface area contributed by atoms with Crippen molar-refractivity contribution in [3.05, 3.63) is 24.1 Å². The highest BCUT2D eigenvalue weighted by Crippen LogP contribution is 1.99. The van der Waals surface area contributed by atoms with Crippen molar-refractivity contribution in [2.75, 3.05) is 6.54 Å². The molecule has 0 aromatic carbocycles. The number of aliphatic hydroxyl groups is 1. The van der Waals surface area contributed by atoms with Crippen LogP contribution in [0, 0.1) is 0 Å². The lowest BCUT2D eigenvalue weighted by Gasteiger charge is -2.11. The van der Waals surface area contributed by atoms with Gasteiger partial charge in [-0.05, 0) is 12.2 Å². The first kappa shape index (κ1) is 5.18. The molecule has 0 spiro atoms. The highest BCUT2D eigenvalue weighted by molar-refractivity contribution is 5.13. The fraction of sp³-hybridized carbons (Fsp3) is 0.200. The van der Waals surface area contributed by atoms with Gasteiger partial charge < -0.3 is 5.11 Å². The lowest BCUT2D eigenvalue weighted by molar-refractivity contribution is -0.0316. The third-order valence-corrected chi connectivity index (χ3v) is 0.905. The van der Waals surface area contributed by atoms with Crippen LogP contribution in [-0.4, -0.2) is 21.9 Å². The van der Waals surface area contributed by atoms with Gasteiger partial charge >= 0.3 is 0 Å². The normalized spacial score (nSPS) is 18.6. The van der Waals surface area contributed by atoms with E-state index in [1.165, 1.54) is 18.4 Å². The number of allylic oxidation sites excluding steroid dienone is 1. The Bertz CT molecular complexity index is 139. The average Bonchev–Trinajstić information content (AvgIpc) is 1.77. The van der Waals surface area contributed by atoms with E-state index in [9.17, 15) is 0 Å². The molecule has 0 atom stereocenters. The van der Waals surface area contributed by atoms with Crippen molar-refractivity contribution in [1.29, 1.82) is 0 Å². The van der Waals surface area contributed by atoms with E-state index in [0.29, 0.717) is 6.54 Å². The van der Waals surface area contributed by atoms with Gasteiger partial charge in [0.15, 0.2) is 0 Å². The van der Waals surface area contributed by atoms with Crippen molar-refractivity contribution >= 4 is 0 Å². The van der Waals surface area contributed by atoms with Crippen molar-refractivity contribution < 1.29 is 10.3 Å². The minimum absolute atomic E-state index is 0.204. The van der Waals surface area contributed by atoms with Gasteiger partial charge in [0.25, 0.3) is 0 Å². The number of rotatable bonds is 0. The summed E-state index contributed by atoms with van der Waals surface area (Å²) in [5.41, 5.74) is 0. The molecule has 0 aromatic heterocycles. The van der Waals surface area contributed by atoms with E-state index in [4.69, 9.17) is 10.3 Å². The monoisotopic (exact) mass is 113 g/mol. The van der Waals surface area contributed by atoms with E-state index in [1.807, 2.05) is 0 Å². The van der Waals surface area contributed by atoms with E-state index >= 15 is 0 Å². The summed E-state index contributed by atoms with van der Waals surface area (Å²) < 4.78 is 0. The Balaban J connectivity index is 2.58. The highest BCUT2D eigenvalue weighted by Gasteiger charge is 1.96. The summed E-state index contributed by atoms with van der Waals surface area (Å²) in [4.78, 5) is 0. The van der Waals surface area contributed by atoms with E-state index in [0.717, 1.165) is 5.06 Å². The number of hydroxylamine groups is 2. The molecule has 0 radical (unpaired) electrons. The van der Waals surface area contributed by atoms with Gasteiger partial charge in [0.1, 0.15) is 5.76 Å². The SMILES string of the molecule is OC1=CCN(O)C=C1.